The second kappa shape index (κ2) is 5.81. The Morgan fingerprint density at radius 2 is 1.90 bits per heavy atom. The van der Waals surface area contributed by atoms with Crippen LogP contribution < -0.4 is 0 Å². The second-order valence-electron chi connectivity index (χ2n) is 4.40. The summed E-state index contributed by atoms with van der Waals surface area (Å²) in [6, 6.07) is 9.26. The monoisotopic (exact) mass is 312 g/mol. The standard InChI is InChI=1S/C15H11Cl2FO2/c1-8(15(19)20)9-5-6-10(13(18)7-9)11-3-2-4-12(16)14(11)17/h2-8H,1H3,(H,19,20). The summed E-state index contributed by atoms with van der Waals surface area (Å²) in [7, 11) is 0. The minimum Gasteiger partial charge on any atom is -0.481 e. The number of carboxylic acids is 1. The first kappa shape index (κ1) is 14.8. The fourth-order valence-corrected chi connectivity index (χ4v) is 2.28. The first-order valence-electron chi connectivity index (χ1n) is 5.88. The molecule has 0 heterocycles. The number of aliphatic carboxylic acids is 1. The molecule has 1 unspecified atom stereocenters. The predicted molar refractivity (Wildman–Crippen MR) is 77.9 cm³/mol. The Hall–Kier alpha value is -1.58. The lowest BCUT2D eigenvalue weighted by Crippen LogP contribution is -2.07. The van der Waals surface area contributed by atoms with Crippen molar-refractivity contribution in [2.75, 3.05) is 0 Å². The fraction of sp³-hybridized carbons (Fsp3) is 0.133. The van der Waals surface area contributed by atoms with Crippen LogP contribution in [0, 0.1) is 5.82 Å². The van der Waals surface area contributed by atoms with Gasteiger partial charge in [-0.2, -0.15) is 0 Å². The minimum absolute atomic E-state index is 0.270. The SMILES string of the molecule is CC(C(=O)O)c1ccc(-c2cccc(Cl)c2Cl)c(F)c1. The molecule has 0 radical (unpaired) electrons. The molecule has 0 saturated carbocycles. The van der Waals surface area contributed by atoms with Gasteiger partial charge in [-0.15, -0.1) is 0 Å². The zero-order valence-electron chi connectivity index (χ0n) is 10.5. The van der Waals surface area contributed by atoms with Gasteiger partial charge in [0.25, 0.3) is 0 Å². The lowest BCUT2D eigenvalue weighted by atomic mass is 9.97. The van der Waals surface area contributed by atoms with E-state index in [1.54, 1.807) is 24.3 Å². The Kier molecular flexibility index (Phi) is 4.31. The maximum absolute atomic E-state index is 14.2. The van der Waals surface area contributed by atoms with E-state index < -0.39 is 17.7 Å². The highest BCUT2D eigenvalue weighted by Crippen LogP contribution is 2.35. The Morgan fingerprint density at radius 1 is 1.20 bits per heavy atom. The maximum Gasteiger partial charge on any atom is 0.310 e. The summed E-state index contributed by atoms with van der Waals surface area (Å²) in [5.74, 6) is -2.30. The molecule has 0 bridgehead atoms. The maximum atomic E-state index is 14.2. The molecule has 1 N–H and O–H groups in total. The third-order valence-electron chi connectivity index (χ3n) is 3.11. The van der Waals surface area contributed by atoms with Gasteiger partial charge in [0, 0.05) is 11.1 Å². The highest BCUT2D eigenvalue weighted by atomic mass is 35.5. The van der Waals surface area contributed by atoms with Crippen molar-refractivity contribution in [1.29, 1.82) is 0 Å². The van der Waals surface area contributed by atoms with E-state index in [4.69, 9.17) is 28.3 Å². The molecule has 5 heteroatoms. The van der Waals surface area contributed by atoms with Gasteiger partial charge in [-0.3, -0.25) is 4.79 Å². The quantitative estimate of drug-likeness (QED) is 0.867. The lowest BCUT2D eigenvalue weighted by molar-refractivity contribution is -0.138. The van der Waals surface area contributed by atoms with Crippen molar-refractivity contribution in [3.63, 3.8) is 0 Å². The summed E-state index contributed by atoms with van der Waals surface area (Å²) in [4.78, 5) is 10.9. The van der Waals surface area contributed by atoms with Crippen LogP contribution in [0.5, 0.6) is 0 Å². The molecule has 0 saturated heterocycles. The van der Waals surface area contributed by atoms with Gasteiger partial charge >= 0.3 is 5.97 Å². The summed E-state index contributed by atoms with van der Waals surface area (Å²) in [6.45, 7) is 1.50. The summed E-state index contributed by atoms with van der Waals surface area (Å²) in [5, 5.41) is 9.54. The minimum atomic E-state index is -1.00. The zero-order chi connectivity index (χ0) is 14.9. The van der Waals surface area contributed by atoms with E-state index in [-0.39, 0.29) is 5.02 Å². The molecule has 0 aliphatic carbocycles. The van der Waals surface area contributed by atoms with Crippen LogP contribution in [0.3, 0.4) is 0 Å². The molecule has 0 fully saturated rings. The Morgan fingerprint density at radius 3 is 2.50 bits per heavy atom. The highest BCUT2D eigenvalue weighted by Gasteiger charge is 2.17. The van der Waals surface area contributed by atoms with Gasteiger partial charge in [-0.05, 0) is 24.6 Å². The third kappa shape index (κ3) is 2.79. The average Bonchev–Trinajstić information content (AvgIpc) is 2.41. The van der Waals surface area contributed by atoms with Gasteiger partial charge in [0.1, 0.15) is 5.82 Å². The lowest BCUT2D eigenvalue weighted by Gasteiger charge is -2.11. The van der Waals surface area contributed by atoms with E-state index in [9.17, 15) is 9.18 Å². The number of benzene rings is 2. The largest absolute Gasteiger partial charge is 0.481 e. The number of halogens is 3. The van der Waals surface area contributed by atoms with Gasteiger partial charge in [0.05, 0.1) is 16.0 Å². The van der Waals surface area contributed by atoms with Gasteiger partial charge in [0.15, 0.2) is 0 Å². The molecule has 104 valence electrons. The topological polar surface area (TPSA) is 37.3 Å². The van der Waals surface area contributed by atoms with E-state index in [0.717, 1.165) is 0 Å². The van der Waals surface area contributed by atoms with Crippen LogP contribution >= 0.6 is 23.2 Å². The Bertz CT molecular complexity index is 671. The first-order chi connectivity index (χ1) is 9.41. The second-order valence-corrected chi connectivity index (χ2v) is 5.19. The van der Waals surface area contributed by atoms with Crippen molar-refractivity contribution >= 4 is 29.2 Å². The Labute approximate surface area is 125 Å². The van der Waals surface area contributed by atoms with Crippen LogP contribution in [0.1, 0.15) is 18.4 Å². The van der Waals surface area contributed by atoms with E-state index in [1.807, 2.05) is 0 Å². The van der Waals surface area contributed by atoms with Gasteiger partial charge in [0.2, 0.25) is 0 Å². The molecule has 2 aromatic carbocycles. The van der Waals surface area contributed by atoms with Crippen molar-refractivity contribution in [2.24, 2.45) is 0 Å². The van der Waals surface area contributed by atoms with Crippen LogP contribution in [0.15, 0.2) is 36.4 Å². The van der Waals surface area contributed by atoms with Crippen LogP contribution in [-0.2, 0) is 4.79 Å². The van der Waals surface area contributed by atoms with Crippen molar-refractivity contribution in [2.45, 2.75) is 12.8 Å². The fourth-order valence-electron chi connectivity index (χ4n) is 1.87. The number of carboxylic acid groups (broad SMARTS) is 1. The van der Waals surface area contributed by atoms with Crippen molar-refractivity contribution in [1.82, 2.24) is 0 Å². The van der Waals surface area contributed by atoms with Crippen LogP contribution in [0.4, 0.5) is 4.39 Å². The number of rotatable bonds is 3. The molecule has 0 aliphatic heterocycles. The summed E-state index contributed by atoms with van der Waals surface area (Å²) in [6.07, 6.45) is 0. The molecule has 2 rings (SSSR count). The molecule has 0 aromatic heterocycles. The highest BCUT2D eigenvalue weighted by molar-refractivity contribution is 6.43. The van der Waals surface area contributed by atoms with E-state index in [0.29, 0.717) is 21.7 Å². The van der Waals surface area contributed by atoms with E-state index in [2.05, 4.69) is 0 Å². The van der Waals surface area contributed by atoms with Gasteiger partial charge in [-0.25, -0.2) is 4.39 Å². The smallest absolute Gasteiger partial charge is 0.310 e. The normalized spacial score (nSPS) is 12.2. The summed E-state index contributed by atoms with van der Waals surface area (Å²) in [5.41, 5.74) is 1.17. The van der Waals surface area contributed by atoms with Crippen LogP contribution in [-0.4, -0.2) is 11.1 Å². The molecule has 2 aromatic rings. The first-order valence-corrected chi connectivity index (χ1v) is 6.64. The van der Waals surface area contributed by atoms with Crippen molar-refractivity contribution in [3.8, 4) is 11.1 Å². The summed E-state index contributed by atoms with van der Waals surface area (Å²) < 4.78 is 14.2. The Balaban J connectivity index is 2.50. The van der Waals surface area contributed by atoms with Gasteiger partial charge < -0.3 is 5.11 Å². The van der Waals surface area contributed by atoms with E-state index in [1.165, 1.54) is 19.1 Å². The molecule has 2 nitrogen and oxygen atoms in total. The van der Waals surface area contributed by atoms with Crippen LogP contribution in [0.25, 0.3) is 11.1 Å². The molecule has 1 atom stereocenters. The zero-order valence-corrected chi connectivity index (χ0v) is 12.0. The predicted octanol–water partition coefficient (Wildman–Crippen LogP) is 4.99. The van der Waals surface area contributed by atoms with Crippen molar-refractivity contribution in [3.05, 3.63) is 57.8 Å². The van der Waals surface area contributed by atoms with Crippen molar-refractivity contribution < 1.29 is 14.3 Å². The van der Waals surface area contributed by atoms with Gasteiger partial charge in [-0.1, -0.05) is 47.5 Å². The van der Waals surface area contributed by atoms with E-state index >= 15 is 0 Å². The molecule has 20 heavy (non-hydrogen) atoms. The molecule has 0 spiro atoms. The number of carbonyl (C=O) groups is 1. The van der Waals surface area contributed by atoms with Crippen LogP contribution in [0.2, 0.25) is 10.0 Å². The number of hydrogen-bond donors (Lipinski definition) is 1. The average molecular weight is 313 g/mol. The molecule has 0 aliphatic rings. The molecular weight excluding hydrogens is 302 g/mol. The number of hydrogen-bond acceptors (Lipinski definition) is 1. The summed E-state index contributed by atoms with van der Waals surface area (Å²) >= 11 is 12.0. The molecule has 0 amide bonds. The molecular formula is C15H11Cl2FO2. The third-order valence-corrected chi connectivity index (χ3v) is 3.92.